The Bertz CT molecular complexity index is 627. The highest BCUT2D eigenvalue weighted by Gasteiger charge is 2.22. The van der Waals surface area contributed by atoms with E-state index in [1.807, 2.05) is 51.1 Å². The third kappa shape index (κ3) is 3.87. The number of benzene rings is 1. The molecule has 1 amide bonds. The molecule has 118 valence electrons. The van der Waals surface area contributed by atoms with E-state index in [2.05, 4.69) is 10.3 Å². The highest BCUT2D eigenvalue weighted by atomic mass is 16.5. The van der Waals surface area contributed by atoms with Gasteiger partial charge in [0.15, 0.2) is 0 Å². The van der Waals surface area contributed by atoms with E-state index in [0.29, 0.717) is 12.6 Å². The highest BCUT2D eigenvalue weighted by Crippen LogP contribution is 2.23. The number of methoxy groups -OCH3 is 1. The standard InChI is InChI=1S/C17H23N3O2/c1-17(2,3)14-12-20(16(19-14)22-4)15(21)18-11-10-13-8-6-5-7-9-13/h5-9,12H,10-11H2,1-4H3,(H,18,21). The number of hydrogen-bond acceptors (Lipinski definition) is 3. The second kappa shape index (κ2) is 6.64. The molecule has 0 saturated heterocycles. The molecule has 0 fully saturated rings. The van der Waals surface area contributed by atoms with Crippen LogP contribution >= 0.6 is 0 Å². The topological polar surface area (TPSA) is 56.2 Å². The van der Waals surface area contributed by atoms with Crippen LogP contribution in [-0.4, -0.2) is 29.2 Å². The number of nitrogens with zero attached hydrogens (tertiary/aromatic N) is 2. The van der Waals surface area contributed by atoms with Crippen LogP contribution in [0.5, 0.6) is 6.01 Å². The summed E-state index contributed by atoms with van der Waals surface area (Å²) in [5, 5.41) is 2.89. The summed E-state index contributed by atoms with van der Waals surface area (Å²) in [5.74, 6) is 0. The molecule has 0 saturated carbocycles. The summed E-state index contributed by atoms with van der Waals surface area (Å²) in [6.07, 6.45) is 2.52. The molecular weight excluding hydrogens is 278 g/mol. The fraction of sp³-hybridized carbons (Fsp3) is 0.412. The van der Waals surface area contributed by atoms with Gasteiger partial charge in [0.05, 0.1) is 12.8 Å². The van der Waals surface area contributed by atoms with Gasteiger partial charge in [-0.25, -0.2) is 9.36 Å². The fourth-order valence-electron chi connectivity index (χ4n) is 2.06. The average molecular weight is 301 g/mol. The smallest absolute Gasteiger partial charge is 0.329 e. The molecule has 1 aromatic heterocycles. The van der Waals surface area contributed by atoms with Crippen molar-refractivity contribution in [3.05, 3.63) is 47.8 Å². The van der Waals surface area contributed by atoms with Crippen molar-refractivity contribution in [2.75, 3.05) is 13.7 Å². The van der Waals surface area contributed by atoms with Crippen molar-refractivity contribution in [1.29, 1.82) is 0 Å². The zero-order valence-corrected chi connectivity index (χ0v) is 13.6. The summed E-state index contributed by atoms with van der Waals surface area (Å²) in [6.45, 7) is 6.71. The molecule has 0 aliphatic heterocycles. The van der Waals surface area contributed by atoms with E-state index < -0.39 is 0 Å². The zero-order valence-electron chi connectivity index (χ0n) is 13.6. The van der Waals surface area contributed by atoms with Gasteiger partial charge in [-0.15, -0.1) is 0 Å². The first-order valence-electron chi connectivity index (χ1n) is 7.38. The van der Waals surface area contributed by atoms with Crippen LogP contribution in [0.4, 0.5) is 4.79 Å². The van der Waals surface area contributed by atoms with Gasteiger partial charge in [0, 0.05) is 18.2 Å². The van der Waals surface area contributed by atoms with Crippen LogP contribution < -0.4 is 10.1 Å². The molecule has 1 heterocycles. The van der Waals surface area contributed by atoms with Gasteiger partial charge in [-0.2, -0.15) is 4.98 Å². The number of carbonyl (C=O) groups excluding carboxylic acids is 1. The molecule has 22 heavy (non-hydrogen) atoms. The van der Waals surface area contributed by atoms with E-state index in [9.17, 15) is 4.79 Å². The van der Waals surface area contributed by atoms with Crippen molar-refractivity contribution >= 4 is 6.03 Å². The van der Waals surface area contributed by atoms with Crippen LogP contribution in [-0.2, 0) is 11.8 Å². The summed E-state index contributed by atoms with van der Waals surface area (Å²) < 4.78 is 6.62. The first-order valence-corrected chi connectivity index (χ1v) is 7.38. The first kappa shape index (κ1) is 16.1. The molecule has 0 bridgehead atoms. The Hall–Kier alpha value is -2.30. The van der Waals surface area contributed by atoms with Gasteiger partial charge in [0.25, 0.3) is 0 Å². The third-order valence-electron chi connectivity index (χ3n) is 3.38. The van der Waals surface area contributed by atoms with Crippen LogP contribution in [0.2, 0.25) is 0 Å². The maximum absolute atomic E-state index is 12.3. The number of hydrogen-bond donors (Lipinski definition) is 1. The minimum Gasteiger partial charge on any atom is -0.468 e. The molecule has 2 aromatic rings. The van der Waals surface area contributed by atoms with Crippen LogP contribution in [0.25, 0.3) is 0 Å². The normalized spacial score (nSPS) is 11.3. The van der Waals surface area contributed by atoms with Gasteiger partial charge in [-0.1, -0.05) is 51.1 Å². The van der Waals surface area contributed by atoms with E-state index in [1.165, 1.54) is 17.2 Å². The zero-order chi connectivity index (χ0) is 16.2. The number of nitrogens with one attached hydrogen (secondary N) is 1. The Morgan fingerprint density at radius 3 is 2.55 bits per heavy atom. The summed E-state index contributed by atoms with van der Waals surface area (Å²) in [4.78, 5) is 16.7. The van der Waals surface area contributed by atoms with Crippen LogP contribution in [0, 0.1) is 0 Å². The lowest BCUT2D eigenvalue weighted by Gasteiger charge is -2.13. The van der Waals surface area contributed by atoms with Gasteiger partial charge < -0.3 is 10.1 Å². The quantitative estimate of drug-likeness (QED) is 0.944. The Labute approximate surface area is 131 Å². The van der Waals surface area contributed by atoms with Gasteiger partial charge in [-0.05, 0) is 12.0 Å². The van der Waals surface area contributed by atoms with Crippen LogP contribution in [0.3, 0.4) is 0 Å². The number of aromatic nitrogens is 2. The third-order valence-corrected chi connectivity index (χ3v) is 3.38. The molecule has 0 atom stereocenters. The van der Waals surface area contributed by atoms with Gasteiger partial charge in [0.2, 0.25) is 0 Å². The summed E-state index contributed by atoms with van der Waals surface area (Å²) in [5.41, 5.74) is 1.88. The van der Waals surface area contributed by atoms with E-state index in [1.54, 1.807) is 6.20 Å². The Morgan fingerprint density at radius 1 is 1.27 bits per heavy atom. The van der Waals surface area contributed by atoms with Gasteiger partial charge >= 0.3 is 12.0 Å². The molecule has 5 nitrogen and oxygen atoms in total. The molecule has 0 radical (unpaired) electrons. The Morgan fingerprint density at radius 2 is 1.95 bits per heavy atom. The molecule has 0 spiro atoms. The van der Waals surface area contributed by atoms with Gasteiger partial charge in [-0.3, -0.25) is 0 Å². The molecule has 0 unspecified atom stereocenters. The van der Waals surface area contributed by atoms with Crippen LogP contribution in [0.1, 0.15) is 32.0 Å². The van der Waals surface area contributed by atoms with E-state index in [-0.39, 0.29) is 11.4 Å². The lowest BCUT2D eigenvalue weighted by molar-refractivity contribution is 0.238. The molecule has 0 aliphatic carbocycles. The maximum Gasteiger partial charge on any atom is 0.329 e. The first-order chi connectivity index (χ1) is 10.4. The lowest BCUT2D eigenvalue weighted by Crippen LogP contribution is -2.30. The second-order valence-corrected chi connectivity index (χ2v) is 6.20. The number of rotatable bonds is 4. The van der Waals surface area contributed by atoms with Crippen molar-refractivity contribution in [3.63, 3.8) is 0 Å². The molecule has 0 aliphatic rings. The van der Waals surface area contributed by atoms with Crippen molar-refractivity contribution in [2.45, 2.75) is 32.6 Å². The maximum atomic E-state index is 12.3. The van der Waals surface area contributed by atoms with Crippen LogP contribution in [0.15, 0.2) is 36.5 Å². The van der Waals surface area contributed by atoms with Crippen molar-refractivity contribution in [1.82, 2.24) is 14.9 Å². The van der Waals surface area contributed by atoms with E-state index in [0.717, 1.165) is 12.1 Å². The Kier molecular flexibility index (Phi) is 4.85. The lowest BCUT2D eigenvalue weighted by atomic mass is 9.93. The van der Waals surface area contributed by atoms with E-state index >= 15 is 0 Å². The fourth-order valence-corrected chi connectivity index (χ4v) is 2.06. The van der Waals surface area contributed by atoms with Crippen molar-refractivity contribution in [2.24, 2.45) is 0 Å². The molecule has 5 heteroatoms. The molecule has 1 aromatic carbocycles. The number of amides is 1. The number of imidazole rings is 1. The molecule has 1 N–H and O–H groups in total. The predicted molar refractivity (Wildman–Crippen MR) is 86.4 cm³/mol. The molecular formula is C17H23N3O2. The SMILES string of the molecule is COc1nc(C(C)(C)C)cn1C(=O)NCCc1ccccc1. The minimum absolute atomic E-state index is 0.136. The van der Waals surface area contributed by atoms with E-state index in [4.69, 9.17) is 4.74 Å². The summed E-state index contributed by atoms with van der Waals surface area (Å²) in [6, 6.07) is 10.1. The number of ether oxygens (including phenoxy) is 1. The highest BCUT2D eigenvalue weighted by molar-refractivity contribution is 5.78. The minimum atomic E-state index is -0.226. The largest absolute Gasteiger partial charge is 0.468 e. The number of carbonyl (C=O) groups is 1. The average Bonchev–Trinajstić information content (AvgIpc) is 2.92. The Balaban J connectivity index is 2.01. The monoisotopic (exact) mass is 301 g/mol. The van der Waals surface area contributed by atoms with Crippen molar-refractivity contribution in [3.8, 4) is 6.01 Å². The predicted octanol–water partition coefficient (Wildman–Crippen LogP) is 2.99. The second-order valence-electron chi connectivity index (χ2n) is 6.20. The summed E-state index contributed by atoms with van der Waals surface area (Å²) >= 11 is 0. The van der Waals surface area contributed by atoms with Gasteiger partial charge in [0.1, 0.15) is 0 Å². The van der Waals surface area contributed by atoms with Crippen molar-refractivity contribution < 1.29 is 9.53 Å². The molecule has 2 rings (SSSR count). The summed E-state index contributed by atoms with van der Waals surface area (Å²) in [7, 11) is 1.52.